The SMILES string of the molecule is COC(=O)c1cnc2c(ccc3c2n[nH]n3C)c1=O. The molecule has 1 aromatic carbocycles. The van der Waals surface area contributed by atoms with Gasteiger partial charge in [0.15, 0.2) is 0 Å². The van der Waals surface area contributed by atoms with E-state index in [9.17, 15) is 9.59 Å². The standard InChI is InChI=1S/C12H10N4O3/c1-16-8-4-3-6-9(10(8)14-15-16)13-5-7(11(6)17)12(18)19-2/h3-5,15H,1-2H3. The molecule has 0 aliphatic heterocycles. The number of carbonyl (C=O) groups excluding carboxylic acids is 1. The van der Waals surface area contributed by atoms with Gasteiger partial charge in [0.05, 0.1) is 18.0 Å². The lowest BCUT2D eigenvalue weighted by atomic mass is 10.1. The van der Waals surface area contributed by atoms with Crippen molar-refractivity contribution in [2.24, 2.45) is 7.05 Å². The number of carbonyl (C=O) groups is 1. The third-order valence-corrected chi connectivity index (χ3v) is 3.02. The molecule has 2 heterocycles. The van der Waals surface area contributed by atoms with Crippen LogP contribution in [0.15, 0.2) is 23.1 Å². The number of nitrogens with one attached hydrogen (secondary N) is 1. The van der Waals surface area contributed by atoms with Gasteiger partial charge >= 0.3 is 5.97 Å². The van der Waals surface area contributed by atoms with E-state index in [1.165, 1.54) is 13.3 Å². The molecule has 0 spiro atoms. The number of rotatable bonds is 1. The minimum Gasteiger partial charge on any atom is -0.465 e. The van der Waals surface area contributed by atoms with Crippen LogP contribution in [-0.2, 0) is 11.8 Å². The maximum atomic E-state index is 12.2. The molecule has 3 aromatic rings. The number of aromatic amines is 1. The average molecular weight is 258 g/mol. The van der Waals surface area contributed by atoms with Crippen LogP contribution in [0, 0.1) is 0 Å². The monoisotopic (exact) mass is 258 g/mol. The first-order chi connectivity index (χ1) is 9.13. The number of hydrogen-bond acceptors (Lipinski definition) is 5. The zero-order valence-corrected chi connectivity index (χ0v) is 10.3. The lowest BCUT2D eigenvalue weighted by molar-refractivity contribution is 0.0599. The Balaban J connectivity index is 2.43. The highest BCUT2D eigenvalue weighted by atomic mass is 16.5. The predicted octanol–water partition coefficient (Wildman–Crippen LogP) is 0.596. The number of ether oxygens (including phenoxy) is 1. The number of aromatic nitrogens is 4. The summed E-state index contributed by atoms with van der Waals surface area (Å²) in [4.78, 5) is 27.8. The van der Waals surface area contributed by atoms with E-state index in [0.717, 1.165) is 5.52 Å². The van der Waals surface area contributed by atoms with Crippen LogP contribution in [0.3, 0.4) is 0 Å². The second-order valence-corrected chi connectivity index (χ2v) is 4.09. The lowest BCUT2D eigenvalue weighted by Crippen LogP contribution is -2.17. The van der Waals surface area contributed by atoms with Crippen LogP contribution in [0.4, 0.5) is 0 Å². The highest BCUT2D eigenvalue weighted by Crippen LogP contribution is 2.19. The van der Waals surface area contributed by atoms with E-state index in [-0.39, 0.29) is 5.56 Å². The third kappa shape index (κ3) is 1.51. The number of hydrogen-bond donors (Lipinski definition) is 1. The molecular weight excluding hydrogens is 248 g/mol. The van der Waals surface area contributed by atoms with Gasteiger partial charge in [-0.05, 0) is 12.1 Å². The summed E-state index contributed by atoms with van der Waals surface area (Å²) in [5, 5.41) is 7.22. The molecule has 0 amide bonds. The first kappa shape index (κ1) is 11.4. The van der Waals surface area contributed by atoms with Crippen LogP contribution in [0.1, 0.15) is 10.4 Å². The van der Waals surface area contributed by atoms with Gasteiger partial charge in [-0.1, -0.05) is 0 Å². The summed E-state index contributed by atoms with van der Waals surface area (Å²) in [6, 6.07) is 3.39. The minimum absolute atomic E-state index is 0.0748. The quantitative estimate of drug-likeness (QED) is 0.645. The van der Waals surface area contributed by atoms with Crippen LogP contribution >= 0.6 is 0 Å². The molecule has 0 aliphatic carbocycles. The van der Waals surface area contributed by atoms with Gasteiger partial charge < -0.3 is 4.74 Å². The van der Waals surface area contributed by atoms with E-state index in [4.69, 9.17) is 0 Å². The molecule has 0 bridgehead atoms. The van der Waals surface area contributed by atoms with Crippen LogP contribution in [0.25, 0.3) is 21.9 Å². The number of methoxy groups -OCH3 is 1. The van der Waals surface area contributed by atoms with Crippen molar-refractivity contribution in [2.75, 3.05) is 7.11 Å². The van der Waals surface area contributed by atoms with Gasteiger partial charge in [-0.25, -0.2) is 10.0 Å². The Labute approximate surface area is 106 Å². The number of aryl methyl sites for hydroxylation is 1. The van der Waals surface area contributed by atoms with Crippen molar-refractivity contribution in [1.82, 2.24) is 20.0 Å². The Morgan fingerprint density at radius 3 is 2.89 bits per heavy atom. The third-order valence-electron chi connectivity index (χ3n) is 3.02. The van der Waals surface area contributed by atoms with Crippen LogP contribution in [0.5, 0.6) is 0 Å². The number of esters is 1. The molecule has 0 atom stereocenters. The molecule has 3 rings (SSSR count). The summed E-state index contributed by atoms with van der Waals surface area (Å²) in [5.41, 5.74) is 1.41. The van der Waals surface area contributed by atoms with Crippen LogP contribution in [0.2, 0.25) is 0 Å². The van der Waals surface area contributed by atoms with Crippen LogP contribution < -0.4 is 5.43 Å². The zero-order valence-electron chi connectivity index (χ0n) is 10.3. The first-order valence-electron chi connectivity index (χ1n) is 5.54. The number of fused-ring (bicyclic) bond motifs is 3. The molecule has 96 valence electrons. The van der Waals surface area contributed by atoms with E-state index >= 15 is 0 Å². The second kappa shape index (κ2) is 3.91. The number of benzene rings is 1. The molecule has 0 unspecified atom stereocenters. The van der Waals surface area contributed by atoms with E-state index in [1.54, 1.807) is 16.8 Å². The molecule has 0 radical (unpaired) electrons. The van der Waals surface area contributed by atoms with Gasteiger partial charge in [0.1, 0.15) is 16.6 Å². The first-order valence-corrected chi connectivity index (χ1v) is 5.54. The number of nitrogens with zero attached hydrogens (tertiary/aromatic N) is 3. The van der Waals surface area contributed by atoms with Crippen molar-refractivity contribution in [2.45, 2.75) is 0 Å². The minimum atomic E-state index is -0.688. The fourth-order valence-corrected chi connectivity index (χ4v) is 2.03. The number of H-pyrrole nitrogens is 1. The highest BCUT2D eigenvalue weighted by molar-refractivity contribution is 6.03. The van der Waals surface area contributed by atoms with Gasteiger partial charge in [0, 0.05) is 13.2 Å². The van der Waals surface area contributed by atoms with Crippen molar-refractivity contribution in [1.29, 1.82) is 0 Å². The maximum absolute atomic E-state index is 12.2. The molecule has 0 saturated heterocycles. The Morgan fingerprint density at radius 2 is 2.16 bits per heavy atom. The molecular formula is C12H10N4O3. The molecule has 7 nitrogen and oxygen atoms in total. The molecule has 1 N–H and O–H groups in total. The van der Waals surface area contributed by atoms with Crippen molar-refractivity contribution in [3.63, 3.8) is 0 Å². The molecule has 2 aromatic heterocycles. The van der Waals surface area contributed by atoms with Gasteiger partial charge in [-0.2, -0.15) is 5.10 Å². The van der Waals surface area contributed by atoms with E-state index < -0.39 is 11.4 Å². The molecule has 0 aliphatic rings. The van der Waals surface area contributed by atoms with E-state index in [2.05, 4.69) is 20.0 Å². The fourth-order valence-electron chi connectivity index (χ4n) is 2.03. The Morgan fingerprint density at radius 1 is 1.37 bits per heavy atom. The maximum Gasteiger partial charge on any atom is 0.343 e. The summed E-state index contributed by atoms with van der Waals surface area (Å²) in [6.45, 7) is 0. The van der Waals surface area contributed by atoms with Gasteiger partial charge in [-0.3, -0.25) is 14.5 Å². The van der Waals surface area contributed by atoms with Crippen molar-refractivity contribution in [3.8, 4) is 0 Å². The van der Waals surface area contributed by atoms with Gasteiger partial charge in [0.25, 0.3) is 0 Å². The highest BCUT2D eigenvalue weighted by Gasteiger charge is 2.16. The van der Waals surface area contributed by atoms with Crippen molar-refractivity contribution < 1.29 is 9.53 Å². The predicted molar refractivity (Wildman–Crippen MR) is 68.0 cm³/mol. The topological polar surface area (TPSA) is 89.9 Å². The normalized spacial score (nSPS) is 11.1. The Kier molecular flexibility index (Phi) is 2.34. The summed E-state index contributed by atoms with van der Waals surface area (Å²) in [6.07, 6.45) is 1.23. The second-order valence-electron chi connectivity index (χ2n) is 4.09. The Bertz CT molecular complexity index is 862. The molecule has 19 heavy (non-hydrogen) atoms. The fraction of sp³-hybridized carbons (Fsp3) is 0.167. The lowest BCUT2D eigenvalue weighted by Gasteiger charge is -2.01. The summed E-state index contributed by atoms with van der Waals surface area (Å²) in [7, 11) is 3.03. The van der Waals surface area contributed by atoms with Gasteiger partial charge in [-0.15, -0.1) is 0 Å². The summed E-state index contributed by atoms with van der Waals surface area (Å²) in [5.74, 6) is -0.688. The molecule has 0 fully saturated rings. The smallest absolute Gasteiger partial charge is 0.343 e. The Hall–Kier alpha value is -2.70. The van der Waals surface area contributed by atoms with E-state index in [1.807, 2.05) is 7.05 Å². The van der Waals surface area contributed by atoms with Crippen LogP contribution in [-0.4, -0.2) is 33.1 Å². The molecule has 7 heteroatoms. The van der Waals surface area contributed by atoms with E-state index in [0.29, 0.717) is 16.4 Å². The van der Waals surface area contributed by atoms with Gasteiger partial charge in [0.2, 0.25) is 5.43 Å². The largest absolute Gasteiger partial charge is 0.465 e. The van der Waals surface area contributed by atoms with Crippen molar-refractivity contribution in [3.05, 3.63) is 34.1 Å². The number of pyridine rings is 1. The summed E-state index contributed by atoms with van der Waals surface area (Å²) < 4.78 is 6.27. The average Bonchev–Trinajstić information content (AvgIpc) is 2.80. The summed E-state index contributed by atoms with van der Waals surface area (Å²) >= 11 is 0. The molecule has 0 saturated carbocycles. The van der Waals surface area contributed by atoms with Crippen molar-refractivity contribution >= 4 is 27.9 Å². The zero-order chi connectivity index (χ0) is 13.6.